The number of nitrogens with one attached hydrogen (secondary N) is 2. The fraction of sp³-hybridized carbons (Fsp3) is 0.320. The Labute approximate surface area is 213 Å². The number of benzene rings is 2. The predicted molar refractivity (Wildman–Crippen MR) is 135 cm³/mol. The van der Waals surface area contributed by atoms with Gasteiger partial charge in [-0.15, -0.1) is 10.2 Å². The molecule has 0 saturated heterocycles. The van der Waals surface area contributed by atoms with E-state index in [9.17, 15) is 4.79 Å². The Kier molecular flexibility index (Phi) is 6.83. The molecule has 0 bridgehead atoms. The molecule has 2 N–H and O–H groups in total. The van der Waals surface area contributed by atoms with E-state index in [0.717, 1.165) is 42.5 Å². The van der Waals surface area contributed by atoms with Crippen molar-refractivity contribution in [3.8, 4) is 16.9 Å². The largest absolute Gasteiger partial charge is 0.348 e. The van der Waals surface area contributed by atoms with E-state index in [2.05, 4.69) is 25.9 Å². The van der Waals surface area contributed by atoms with Crippen molar-refractivity contribution >= 4 is 29.1 Å². The molecule has 180 valence electrons. The summed E-state index contributed by atoms with van der Waals surface area (Å²) >= 11 is 12.8. The van der Waals surface area contributed by atoms with Crippen LogP contribution < -0.4 is 5.32 Å². The molecule has 0 radical (unpaired) electrons. The Morgan fingerprint density at radius 3 is 2.57 bits per heavy atom. The van der Waals surface area contributed by atoms with Crippen molar-refractivity contribution in [2.75, 3.05) is 0 Å². The first-order valence-corrected chi connectivity index (χ1v) is 12.4. The highest BCUT2D eigenvalue weighted by atomic mass is 35.5. The second kappa shape index (κ2) is 10.2. The molecular weight excluding hydrogens is 485 g/mol. The number of hydrogen-bond donors (Lipinski definition) is 2. The van der Waals surface area contributed by atoms with Crippen LogP contribution in [0.2, 0.25) is 10.0 Å². The maximum Gasteiger partial charge on any atom is 0.272 e. The maximum absolute atomic E-state index is 13.6. The van der Waals surface area contributed by atoms with E-state index in [1.165, 1.54) is 6.42 Å². The minimum Gasteiger partial charge on any atom is -0.348 e. The molecule has 35 heavy (non-hydrogen) atoms. The van der Waals surface area contributed by atoms with Crippen molar-refractivity contribution in [2.24, 2.45) is 0 Å². The van der Waals surface area contributed by atoms with Gasteiger partial charge in [-0.2, -0.15) is 10.3 Å². The van der Waals surface area contributed by atoms with E-state index >= 15 is 0 Å². The highest BCUT2D eigenvalue weighted by Crippen LogP contribution is 2.34. The summed E-state index contributed by atoms with van der Waals surface area (Å²) in [5.74, 6) is 0.249. The monoisotopic (exact) mass is 509 g/mol. The zero-order chi connectivity index (χ0) is 24.4. The van der Waals surface area contributed by atoms with Crippen molar-refractivity contribution < 1.29 is 4.79 Å². The second-order valence-corrected chi connectivity index (χ2v) is 9.71. The first kappa shape index (κ1) is 23.5. The van der Waals surface area contributed by atoms with Crippen LogP contribution in [0.4, 0.5) is 0 Å². The number of amides is 1. The third-order valence-corrected chi connectivity index (χ3v) is 6.86. The lowest BCUT2D eigenvalue weighted by atomic mass is 9.95. The summed E-state index contributed by atoms with van der Waals surface area (Å²) in [5.41, 5.74) is 4.41. The topological polar surface area (TPSA) is 101 Å². The fourth-order valence-corrected chi connectivity index (χ4v) is 5.04. The molecule has 2 aromatic carbocycles. The maximum atomic E-state index is 13.6. The van der Waals surface area contributed by atoms with Gasteiger partial charge >= 0.3 is 0 Å². The van der Waals surface area contributed by atoms with Crippen molar-refractivity contribution in [2.45, 2.75) is 51.5 Å². The smallest absolute Gasteiger partial charge is 0.272 e. The van der Waals surface area contributed by atoms with Crippen molar-refractivity contribution in [1.29, 1.82) is 0 Å². The fourth-order valence-electron chi connectivity index (χ4n) is 4.55. The Hall–Kier alpha value is -3.23. The minimum absolute atomic E-state index is 0.140. The van der Waals surface area contributed by atoms with Gasteiger partial charge in [-0.1, -0.05) is 77.5 Å². The minimum atomic E-state index is -0.215. The number of nitrogens with zero attached hydrogens (tertiary/aromatic N) is 5. The lowest BCUT2D eigenvalue weighted by Gasteiger charge is -2.22. The summed E-state index contributed by atoms with van der Waals surface area (Å²) in [6.45, 7) is 2.03. The second-order valence-electron chi connectivity index (χ2n) is 8.86. The van der Waals surface area contributed by atoms with Crippen LogP contribution in [-0.2, 0) is 6.42 Å². The van der Waals surface area contributed by atoms with Crippen LogP contribution in [0.3, 0.4) is 0 Å². The number of aryl methyl sites for hydroxylation is 1. The summed E-state index contributed by atoms with van der Waals surface area (Å²) in [5, 5.41) is 23.4. The zero-order valence-corrected chi connectivity index (χ0v) is 20.8. The molecule has 1 amide bonds. The Morgan fingerprint density at radius 2 is 1.89 bits per heavy atom. The van der Waals surface area contributed by atoms with E-state index in [1.54, 1.807) is 22.9 Å². The molecule has 5 rings (SSSR count). The SMILES string of the molecule is Cc1ccc(-c2c(Cc3nn[nH]n3)c(C(=O)NC3CCCCC3)nn2-c2ccc(Cl)cc2Cl)cc1. The van der Waals surface area contributed by atoms with Gasteiger partial charge in [-0.05, 0) is 38.0 Å². The summed E-state index contributed by atoms with van der Waals surface area (Å²) in [7, 11) is 0. The highest BCUT2D eigenvalue weighted by Gasteiger charge is 2.28. The van der Waals surface area contributed by atoms with Gasteiger partial charge in [0.25, 0.3) is 5.91 Å². The van der Waals surface area contributed by atoms with E-state index in [4.69, 9.17) is 28.3 Å². The summed E-state index contributed by atoms with van der Waals surface area (Å²) in [6, 6.07) is 13.4. The van der Waals surface area contributed by atoms with Crippen LogP contribution in [0.15, 0.2) is 42.5 Å². The Morgan fingerprint density at radius 1 is 1.11 bits per heavy atom. The van der Waals surface area contributed by atoms with Crippen LogP contribution in [-0.4, -0.2) is 42.4 Å². The predicted octanol–water partition coefficient (Wildman–Crippen LogP) is 5.32. The number of carbonyl (C=O) groups excluding carboxylic acids is 1. The average Bonchev–Trinajstić information content (AvgIpc) is 3.49. The van der Waals surface area contributed by atoms with E-state index in [0.29, 0.717) is 32.8 Å². The van der Waals surface area contributed by atoms with E-state index < -0.39 is 0 Å². The molecule has 4 aromatic rings. The molecule has 0 unspecified atom stereocenters. The van der Waals surface area contributed by atoms with Gasteiger partial charge in [0, 0.05) is 28.6 Å². The first-order valence-electron chi connectivity index (χ1n) is 11.7. The van der Waals surface area contributed by atoms with Gasteiger partial charge < -0.3 is 5.32 Å². The number of carbonyl (C=O) groups is 1. The first-order chi connectivity index (χ1) is 17.0. The molecule has 0 aliphatic heterocycles. The summed E-state index contributed by atoms with van der Waals surface area (Å²) in [4.78, 5) is 13.6. The molecule has 1 aliphatic rings. The normalized spacial score (nSPS) is 14.3. The quantitative estimate of drug-likeness (QED) is 0.366. The van der Waals surface area contributed by atoms with Crippen molar-refractivity contribution in [3.63, 3.8) is 0 Å². The molecule has 8 nitrogen and oxygen atoms in total. The third-order valence-electron chi connectivity index (χ3n) is 6.33. The molecule has 10 heteroatoms. The third kappa shape index (κ3) is 5.09. The van der Waals surface area contributed by atoms with Crippen molar-refractivity contribution in [3.05, 3.63) is 75.2 Å². The van der Waals surface area contributed by atoms with Gasteiger partial charge in [-0.25, -0.2) is 4.68 Å². The van der Waals surface area contributed by atoms with Crippen LogP contribution in [0.1, 0.15) is 59.5 Å². The van der Waals surface area contributed by atoms with Gasteiger partial charge in [0.1, 0.15) is 0 Å². The molecule has 1 fully saturated rings. The number of aromatic nitrogens is 6. The van der Waals surface area contributed by atoms with Gasteiger partial charge in [-0.3, -0.25) is 4.79 Å². The van der Waals surface area contributed by atoms with Crippen LogP contribution in [0.25, 0.3) is 16.9 Å². The van der Waals surface area contributed by atoms with Crippen LogP contribution >= 0.6 is 23.2 Å². The van der Waals surface area contributed by atoms with Crippen molar-refractivity contribution in [1.82, 2.24) is 35.7 Å². The van der Waals surface area contributed by atoms with Gasteiger partial charge in [0.15, 0.2) is 11.5 Å². The molecule has 0 atom stereocenters. The number of H-pyrrole nitrogens is 1. The number of halogens is 2. The molecule has 1 aliphatic carbocycles. The number of aromatic amines is 1. The standard InChI is InChI=1S/C25H25Cl2N7O/c1-15-7-9-16(10-8-15)24-19(14-22-29-32-33-30-22)23(25(35)28-18-5-3-2-4-6-18)31-34(24)21-12-11-17(26)13-20(21)27/h7-13,18H,2-6,14H2,1H3,(H,28,35)(H,29,30,32,33). The molecular formula is C25H25Cl2N7O. The summed E-state index contributed by atoms with van der Waals surface area (Å²) in [6.07, 6.45) is 5.66. The van der Waals surface area contributed by atoms with E-state index in [1.807, 2.05) is 31.2 Å². The van der Waals surface area contributed by atoms with E-state index in [-0.39, 0.29) is 18.4 Å². The molecule has 1 saturated carbocycles. The van der Waals surface area contributed by atoms with Gasteiger partial charge in [0.2, 0.25) is 0 Å². The van der Waals surface area contributed by atoms with Crippen LogP contribution in [0, 0.1) is 6.92 Å². The summed E-state index contributed by atoms with van der Waals surface area (Å²) < 4.78 is 1.72. The Bertz CT molecular complexity index is 1330. The Balaban J connectivity index is 1.69. The average molecular weight is 510 g/mol. The lowest BCUT2D eigenvalue weighted by Crippen LogP contribution is -2.36. The zero-order valence-electron chi connectivity index (χ0n) is 19.3. The van der Waals surface area contributed by atoms with Crippen LogP contribution in [0.5, 0.6) is 0 Å². The number of tetrazole rings is 1. The molecule has 2 aromatic heterocycles. The molecule has 2 heterocycles. The lowest BCUT2D eigenvalue weighted by molar-refractivity contribution is 0.0921. The highest BCUT2D eigenvalue weighted by molar-refractivity contribution is 6.35. The van der Waals surface area contributed by atoms with Gasteiger partial charge in [0.05, 0.1) is 16.4 Å². The molecule has 0 spiro atoms. The number of rotatable bonds is 6. The number of hydrogen-bond acceptors (Lipinski definition) is 5.